The van der Waals surface area contributed by atoms with E-state index in [9.17, 15) is 4.79 Å². The monoisotopic (exact) mass is 428 g/mol. The number of rotatable bonds is 3. The second-order valence-corrected chi connectivity index (χ2v) is 7.44. The van der Waals surface area contributed by atoms with Gasteiger partial charge in [0.05, 0.1) is 13.7 Å². The molecular weight excluding hydrogens is 408 g/mol. The first kappa shape index (κ1) is 17.9. The third-order valence-corrected chi connectivity index (χ3v) is 5.52. The van der Waals surface area contributed by atoms with Crippen LogP contribution in [0.1, 0.15) is 29.8 Å². The molecule has 1 aliphatic heterocycles. The number of aromatic amines is 1. The molecule has 0 radical (unpaired) electrons. The number of methoxy groups -OCH3 is 1. The highest BCUT2D eigenvalue weighted by Gasteiger charge is 2.35. The largest absolute Gasteiger partial charge is 0.497 e. The van der Waals surface area contributed by atoms with Crippen molar-refractivity contribution in [3.63, 3.8) is 0 Å². The SMILES string of the molecule is CCOC(=O)N1CCc2c([nH]c3ccc(Br)cc23)C1c1ccc(OC)cc1. The minimum atomic E-state index is -0.288. The van der Waals surface area contributed by atoms with E-state index in [-0.39, 0.29) is 12.1 Å². The summed E-state index contributed by atoms with van der Waals surface area (Å²) in [6.45, 7) is 2.80. The van der Waals surface area contributed by atoms with E-state index in [2.05, 4.69) is 33.0 Å². The molecule has 4 rings (SSSR count). The second kappa shape index (κ2) is 7.27. The summed E-state index contributed by atoms with van der Waals surface area (Å²) in [7, 11) is 1.65. The van der Waals surface area contributed by atoms with E-state index in [0.717, 1.165) is 33.4 Å². The van der Waals surface area contributed by atoms with Crippen LogP contribution in [0.5, 0.6) is 5.75 Å². The van der Waals surface area contributed by atoms with Crippen LogP contribution < -0.4 is 4.74 Å². The summed E-state index contributed by atoms with van der Waals surface area (Å²) in [6.07, 6.45) is 0.501. The van der Waals surface area contributed by atoms with Crippen LogP contribution in [0.15, 0.2) is 46.9 Å². The van der Waals surface area contributed by atoms with Gasteiger partial charge in [-0.1, -0.05) is 28.1 Å². The first-order chi connectivity index (χ1) is 13.1. The summed E-state index contributed by atoms with van der Waals surface area (Å²) in [4.78, 5) is 18.0. The minimum absolute atomic E-state index is 0.218. The average molecular weight is 429 g/mol. The van der Waals surface area contributed by atoms with Crippen molar-refractivity contribution in [1.29, 1.82) is 0 Å². The lowest BCUT2D eigenvalue weighted by molar-refractivity contribution is 0.0932. The summed E-state index contributed by atoms with van der Waals surface area (Å²) in [5.41, 5.74) is 4.41. The molecule has 0 saturated carbocycles. The zero-order valence-electron chi connectivity index (χ0n) is 15.3. The number of fused-ring (bicyclic) bond motifs is 3. The maximum atomic E-state index is 12.6. The van der Waals surface area contributed by atoms with Crippen molar-refractivity contribution in [3.05, 3.63) is 63.8 Å². The highest BCUT2D eigenvalue weighted by atomic mass is 79.9. The van der Waals surface area contributed by atoms with E-state index < -0.39 is 0 Å². The van der Waals surface area contributed by atoms with Gasteiger partial charge in [-0.05, 0) is 54.8 Å². The molecule has 6 heteroatoms. The van der Waals surface area contributed by atoms with Crippen LogP contribution in [0.25, 0.3) is 10.9 Å². The van der Waals surface area contributed by atoms with E-state index in [1.807, 2.05) is 37.3 Å². The maximum Gasteiger partial charge on any atom is 0.410 e. The number of amides is 1. The highest BCUT2D eigenvalue weighted by Crippen LogP contribution is 2.39. The van der Waals surface area contributed by atoms with E-state index in [1.54, 1.807) is 12.0 Å². The molecule has 1 atom stereocenters. The summed E-state index contributed by atoms with van der Waals surface area (Å²) in [6, 6.07) is 13.9. The van der Waals surface area contributed by atoms with Gasteiger partial charge in [-0.2, -0.15) is 0 Å². The van der Waals surface area contributed by atoms with Gasteiger partial charge in [0, 0.05) is 27.6 Å². The van der Waals surface area contributed by atoms with Crippen molar-refractivity contribution in [3.8, 4) is 5.75 Å². The van der Waals surface area contributed by atoms with E-state index in [1.165, 1.54) is 10.9 Å². The van der Waals surface area contributed by atoms with E-state index in [4.69, 9.17) is 9.47 Å². The van der Waals surface area contributed by atoms with Crippen molar-refractivity contribution in [2.45, 2.75) is 19.4 Å². The number of halogens is 1. The normalized spacial score (nSPS) is 16.3. The van der Waals surface area contributed by atoms with Crippen molar-refractivity contribution in [1.82, 2.24) is 9.88 Å². The van der Waals surface area contributed by atoms with Crippen LogP contribution in [0, 0.1) is 0 Å². The van der Waals surface area contributed by atoms with E-state index in [0.29, 0.717) is 13.2 Å². The third-order valence-electron chi connectivity index (χ3n) is 5.02. The number of carbonyl (C=O) groups is 1. The van der Waals surface area contributed by atoms with Crippen LogP contribution in [-0.2, 0) is 11.2 Å². The Hall–Kier alpha value is -2.47. The molecule has 0 spiro atoms. The molecular formula is C21H21BrN2O3. The zero-order chi connectivity index (χ0) is 19.0. The van der Waals surface area contributed by atoms with Crippen molar-refractivity contribution >= 4 is 32.9 Å². The fourth-order valence-electron chi connectivity index (χ4n) is 3.80. The standard InChI is InChI=1S/C21H21BrN2O3/c1-3-27-21(25)24-11-10-16-17-12-14(22)6-9-18(17)23-19(16)20(24)13-4-7-15(26-2)8-5-13/h4-9,12,20,23H,3,10-11H2,1-2H3. The lowest BCUT2D eigenvalue weighted by atomic mass is 9.92. The number of aromatic nitrogens is 1. The lowest BCUT2D eigenvalue weighted by Crippen LogP contribution is -2.40. The Morgan fingerprint density at radius 1 is 1.26 bits per heavy atom. The van der Waals surface area contributed by atoms with Crippen LogP contribution >= 0.6 is 15.9 Å². The van der Waals surface area contributed by atoms with Crippen LogP contribution in [0.4, 0.5) is 4.79 Å². The molecule has 1 aliphatic rings. The summed E-state index contributed by atoms with van der Waals surface area (Å²) in [5, 5.41) is 1.20. The topological polar surface area (TPSA) is 54.6 Å². The number of H-pyrrole nitrogens is 1. The van der Waals surface area contributed by atoms with Gasteiger partial charge in [0.2, 0.25) is 0 Å². The molecule has 0 aliphatic carbocycles. The van der Waals surface area contributed by atoms with Crippen LogP contribution in [-0.4, -0.2) is 36.2 Å². The maximum absolute atomic E-state index is 12.6. The Kier molecular flexibility index (Phi) is 4.83. The Labute approximate surface area is 166 Å². The molecule has 3 aromatic rings. The van der Waals surface area contributed by atoms with Gasteiger partial charge in [-0.15, -0.1) is 0 Å². The van der Waals surface area contributed by atoms with Crippen LogP contribution in [0.3, 0.4) is 0 Å². The van der Waals surface area contributed by atoms with Gasteiger partial charge in [0.25, 0.3) is 0 Å². The molecule has 1 aromatic heterocycles. The molecule has 140 valence electrons. The summed E-state index contributed by atoms with van der Waals surface area (Å²) in [5.74, 6) is 0.790. The number of hydrogen-bond donors (Lipinski definition) is 1. The number of carbonyl (C=O) groups excluding carboxylic acids is 1. The Morgan fingerprint density at radius 2 is 2.04 bits per heavy atom. The number of nitrogens with zero attached hydrogens (tertiary/aromatic N) is 1. The van der Waals surface area contributed by atoms with Gasteiger partial charge in [-0.25, -0.2) is 4.79 Å². The Balaban J connectivity index is 1.86. The fourth-order valence-corrected chi connectivity index (χ4v) is 4.16. The first-order valence-electron chi connectivity index (χ1n) is 8.99. The molecule has 0 fully saturated rings. The number of hydrogen-bond acceptors (Lipinski definition) is 3. The van der Waals surface area contributed by atoms with Gasteiger partial charge >= 0.3 is 6.09 Å². The van der Waals surface area contributed by atoms with Crippen molar-refractivity contribution < 1.29 is 14.3 Å². The third kappa shape index (κ3) is 3.18. The molecule has 27 heavy (non-hydrogen) atoms. The van der Waals surface area contributed by atoms with E-state index >= 15 is 0 Å². The number of nitrogens with one attached hydrogen (secondary N) is 1. The number of ether oxygens (including phenoxy) is 2. The van der Waals surface area contributed by atoms with Gasteiger partial charge in [0.15, 0.2) is 0 Å². The molecule has 0 bridgehead atoms. The highest BCUT2D eigenvalue weighted by molar-refractivity contribution is 9.10. The molecule has 1 unspecified atom stereocenters. The van der Waals surface area contributed by atoms with Gasteiger partial charge in [0.1, 0.15) is 11.8 Å². The van der Waals surface area contributed by atoms with Crippen molar-refractivity contribution in [2.24, 2.45) is 0 Å². The van der Waals surface area contributed by atoms with Gasteiger partial charge in [-0.3, -0.25) is 4.90 Å². The quantitative estimate of drug-likeness (QED) is 0.635. The summed E-state index contributed by atoms with van der Waals surface area (Å²) >= 11 is 3.56. The lowest BCUT2D eigenvalue weighted by Gasteiger charge is -2.35. The van der Waals surface area contributed by atoms with Crippen LogP contribution in [0.2, 0.25) is 0 Å². The molecule has 2 heterocycles. The molecule has 1 N–H and O–H groups in total. The first-order valence-corrected chi connectivity index (χ1v) is 9.79. The fraction of sp³-hybridized carbons (Fsp3) is 0.286. The molecule has 1 amide bonds. The predicted octanol–water partition coefficient (Wildman–Crippen LogP) is 5.04. The zero-order valence-corrected chi connectivity index (χ0v) is 16.9. The Morgan fingerprint density at radius 3 is 2.74 bits per heavy atom. The minimum Gasteiger partial charge on any atom is -0.497 e. The second-order valence-electron chi connectivity index (χ2n) is 6.53. The Bertz CT molecular complexity index is 981. The van der Waals surface area contributed by atoms with Gasteiger partial charge < -0.3 is 14.5 Å². The predicted molar refractivity (Wildman–Crippen MR) is 108 cm³/mol. The molecule has 0 saturated heterocycles. The van der Waals surface area contributed by atoms with Crippen molar-refractivity contribution in [2.75, 3.05) is 20.3 Å². The average Bonchev–Trinajstić information content (AvgIpc) is 3.05. The molecule has 5 nitrogen and oxygen atoms in total. The smallest absolute Gasteiger partial charge is 0.410 e. The number of benzene rings is 2. The summed E-state index contributed by atoms with van der Waals surface area (Å²) < 4.78 is 11.7. The molecule has 2 aromatic carbocycles.